The van der Waals surface area contributed by atoms with Crippen molar-refractivity contribution in [2.24, 2.45) is 0 Å². The van der Waals surface area contributed by atoms with Crippen LogP contribution in [-0.2, 0) is 0 Å². The fraction of sp³-hybridized carbons (Fsp3) is 0.235. The van der Waals surface area contributed by atoms with Crippen molar-refractivity contribution in [3.8, 4) is 0 Å². The number of carbonyl (C=O) groups is 1. The van der Waals surface area contributed by atoms with E-state index in [-0.39, 0.29) is 5.78 Å². The molecule has 96 valence electrons. The van der Waals surface area contributed by atoms with E-state index in [0.29, 0.717) is 0 Å². The second-order valence-electron chi connectivity index (χ2n) is 4.91. The number of rotatable bonds is 3. The Bertz CT molecular complexity index is 571. The maximum absolute atomic E-state index is 12.6. The van der Waals surface area contributed by atoms with Crippen LogP contribution in [0.5, 0.6) is 0 Å². The zero-order valence-corrected chi connectivity index (χ0v) is 10.9. The van der Waals surface area contributed by atoms with Crippen molar-refractivity contribution in [2.45, 2.75) is 12.8 Å². The summed E-state index contributed by atoms with van der Waals surface area (Å²) in [6.45, 7) is 2.11. The van der Waals surface area contributed by atoms with Gasteiger partial charge in [0.15, 0.2) is 5.78 Å². The molecular weight excluding hydrogens is 234 g/mol. The Morgan fingerprint density at radius 1 is 0.842 bits per heavy atom. The summed E-state index contributed by atoms with van der Waals surface area (Å²) in [5.41, 5.74) is 2.65. The van der Waals surface area contributed by atoms with Crippen LogP contribution in [0.2, 0.25) is 0 Å². The highest BCUT2D eigenvalue weighted by Crippen LogP contribution is 2.26. The van der Waals surface area contributed by atoms with Gasteiger partial charge in [-0.3, -0.25) is 4.79 Å². The molecule has 0 atom stereocenters. The van der Waals surface area contributed by atoms with Gasteiger partial charge in [0.25, 0.3) is 0 Å². The fourth-order valence-electron chi connectivity index (χ4n) is 2.64. The van der Waals surface area contributed by atoms with Gasteiger partial charge in [-0.2, -0.15) is 0 Å². The molecule has 0 unspecified atom stereocenters. The second kappa shape index (κ2) is 5.27. The van der Waals surface area contributed by atoms with E-state index in [0.717, 1.165) is 29.9 Å². The van der Waals surface area contributed by atoms with Crippen LogP contribution in [0.4, 0.5) is 5.69 Å². The van der Waals surface area contributed by atoms with E-state index < -0.39 is 0 Å². The molecule has 1 aliphatic heterocycles. The Kier molecular flexibility index (Phi) is 3.32. The lowest BCUT2D eigenvalue weighted by Gasteiger charge is -2.20. The molecule has 2 heteroatoms. The lowest BCUT2D eigenvalue weighted by molar-refractivity contribution is 0.103. The Balaban J connectivity index is 1.98. The first-order valence-corrected chi connectivity index (χ1v) is 6.80. The molecule has 0 aliphatic carbocycles. The number of para-hydroxylation sites is 1. The van der Waals surface area contributed by atoms with E-state index in [4.69, 9.17) is 0 Å². The van der Waals surface area contributed by atoms with Gasteiger partial charge >= 0.3 is 0 Å². The number of benzene rings is 2. The molecule has 1 saturated heterocycles. The van der Waals surface area contributed by atoms with E-state index in [1.807, 2.05) is 48.5 Å². The van der Waals surface area contributed by atoms with Gasteiger partial charge < -0.3 is 4.90 Å². The number of anilines is 1. The number of hydrogen-bond acceptors (Lipinski definition) is 2. The van der Waals surface area contributed by atoms with Crippen LogP contribution < -0.4 is 4.90 Å². The summed E-state index contributed by atoms with van der Waals surface area (Å²) >= 11 is 0. The van der Waals surface area contributed by atoms with Crippen LogP contribution in [0.3, 0.4) is 0 Å². The molecule has 0 aromatic heterocycles. The fourth-order valence-corrected chi connectivity index (χ4v) is 2.64. The van der Waals surface area contributed by atoms with E-state index in [2.05, 4.69) is 11.0 Å². The minimum Gasteiger partial charge on any atom is -0.371 e. The number of carbonyl (C=O) groups excluding carboxylic acids is 1. The summed E-state index contributed by atoms with van der Waals surface area (Å²) in [7, 11) is 0. The minimum atomic E-state index is 0.114. The molecule has 2 nitrogen and oxygen atoms in total. The van der Waals surface area contributed by atoms with Crippen molar-refractivity contribution in [1.82, 2.24) is 0 Å². The zero-order valence-electron chi connectivity index (χ0n) is 10.9. The van der Waals surface area contributed by atoms with Crippen molar-refractivity contribution in [1.29, 1.82) is 0 Å². The highest BCUT2D eigenvalue weighted by molar-refractivity contribution is 6.12. The van der Waals surface area contributed by atoms with Crippen LogP contribution in [0, 0.1) is 0 Å². The molecule has 2 aromatic rings. The van der Waals surface area contributed by atoms with Crippen molar-refractivity contribution in [2.75, 3.05) is 18.0 Å². The van der Waals surface area contributed by atoms with E-state index in [1.54, 1.807) is 0 Å². The third-order valence-corrected chi connectivity index (χ3v) is 3.63. The Labute approximate surface area is 113 Å². The highest BCUT2D eigenvalue weighted by atomic mass is 16.1. The van der Waals surface area contributed by atoms with Crippen LogP contribution in [0.15, 0.2) is 54.6 Å². The Morgan fingerprint density at radius 3 is 2.21 bits per heavy atom. The monoisotopic (exact) mass is 251 g/mol. The van der Waals surface area contributed by atoms with Gasteiger partial charge in [-0.25, -0.2) is 0 Å². The molecule has 0 amide bonds. The molecule has 1 aliphatic rings. The predicted octanol–water partition coefficient (Wildman–Crippen LogP) is 3.52. The molecule has 0 saturated carbocycles. The highest BCUT2D eigenvalue weighted by Gasteiger charge is 2.19. The maximum atomic E-state index is 12.6. The van der Waals surface area contributed by atoms with Crippen LogP contribution in [0.25, 0.3) is 0 Å². The topological polar surface area (TPSA) is 20.3 Å². The molecule has 0 radical (unpaired) electrons. The largest absolute Gasteiger partial charge is 0.371 e. The van der Waals surface area contributed by atoms with Gasteiger partial charge in [0, 0.05) is 29.9 Å². The first-order valence-electron chi connectivity index (χ1n) is 6.80. The minimum absolute atomic E-state index is 0.114. The smallest absolute Gasteiger partial charge is 0.195 e. The normalized spacial score (nSPS) is 14.6. The van der Waals surface area contributed by atoms with Gasteiger partial charge in [0.05, 0.1) is 0 Å². The van der Waals surface area contributed by atoms with Crippen molar-refractivity contribution >= 4 is 11.5 Å². The van der Waals surface area contributed by atoms with Crippen LogP contribution >= 0.6 is 0 Å². The molecule has 19 heavy (non-hydrogen) atoms. The standard InChI is InChI=1S/C17H17NO/c19-17(14-8-2-1-3-9-14)15-10-4-5-11-16(15)18-12-6-7-13-18/h1-5,8-11H,6-7,12-13H2. The van der Waals surface area contributed by atoms with E-state index >= 15 is 0 Å². The molecular formula is C17H17NO. The molecule has 1 fully saturated rings. The van der Waals surface area contributed by atoms with Gasteiger partial charge in [0.2, 0.25) is 0 Å². The Hall–Kier alpha value is -2.09. The van der Waals surface area contributed by atoms with Gasteiger partial charge in [-0.1, -0.05) is 42.5 Å². The van der Waals surface area contributed by atoms with Gasteiger partial charge in [-0.05, 0) is 25.0 Å². The number of ketones is 1. The van der Waals surface area contributed by atoms with Crippen molar-refractivity contribution in [3.05, 3.63) is 65.7 Å². The summed E-state index contributed by atoms with van der Waals surface area (Å²) in [6.07, 6.45) is 2.43. The molecule has 0 bridgehead atoms. The second-order valence-corrected chi connectivity index (χ2v) is 4.91. The molecule has 2 aromatic carbocycles. The summed E-state index contributed by atoms with van der Waals surface area (Å²) < 4.78 is 0. The first-order chi connectivity index (χ1) is 9.36. The molecule has 0 spiro atoms. The van der Waals surface area contributed by atoms with Crippen LogP contribution in [0.1, 0.15) is 28.8 Å². The lowest BCUT2D eigenvalue weighted by atomic mass is 10.0. The van der Waals surface area contributed by atoms with Crippen molar-refractivity contribution < 1.29 is 4.79 Å². The van der Waals surface area contributed by atoms with E-state index in [1.165, 1.54) is 12.8 Å². The average molecular weight is 251 g/mol. The quantitative estimate of drug-likeness (QED) is 0.778. The third-order valence-electron chi connectivity index (χ3n) is 3.63. The molecule has 1 heterocycles. The van der Waals surface area contributed by atoms with Gasteiger partial charge in [0.1, 0.15) is 0 Å². The van der Waals surface area contributed by atoms with Crippen LogP contribution in [-0.4, -0.2) is 18.9 Å². The lowest BCUT2D eigenvalue weighted by Crippen LogP contribution is -2.20. The third kappa shape index (κ3) is 2.39. The summed E-state index contributed by atoms with van der Waals surface area (Å²) in [4.78, 5) is 14.9. The Morgan fingerprint density at radius 2 is 1.47 bits per heavy atom. The predicted molar refractivity (Wildman–Crippen MR) is 77.8 cm³/mol. The maximum Gasteiger partial charge on any atom is 0.195 e. The van der Waals surface area contributed by atoms with E-state index in [9.17, 15) is 4.79 Å². The number of nitrogens with zero attached hydrogens (tertiary/aromatic N) is 1. The molecule has 3 rings (SSSR count). The summed E-state index contributed by atoms with van der Waals surface area (Å²) in [5.74, 6) is 0.114. The average Bonchev–Trinajstić information content (AvgIpc) is 3.01. The zero-order chi connectivity index (χ0) is 13.1. The van der Waals surface area contributed by atoms with Crippen molar-refractivity contribution in [3.63, 3.8) is 0 Å². The summed E-state index contributed by atoms with van der Waals surface area (Å²) in [6, 6.07) is 17.4. The number of hydrogen-bond donors (Lipinski definition) is 0. The summed E-state index contributed by atoms with van der Waals surface area (Å²) in [5, 5.41) is 0. The molecule has 0 N–H and O–H groups in total. The first kappa shape index (κ1) is 12.0. The van der Waals surface area contributed by atoms with Gasteiger partial charge in [-0.15, -0.1) is 0 Å². The SMILES string of the molecule is O=C(c1ccccc1)c1ccccc1N1CCCC1.